The molecular weight excluding hydrogens is 314 g/mol. The van der Waals surface area contributed by atoms with E-state index in [0.717, 1.165) is 11.0 Å². The number of esters is 1. The van der Waals surface area contributed by atoms with Crippen LogP contribution >= 0.6 is 11.3 Å². The second kappa shape index (κ2) is 5.73. The van der Waals surface area contributed by atoms with Gasteiger partial charge in [-0.15, -0.1) is 11.3 Å². The van der Waals surface area contributed by atoms with Gasteiger partial charge < -0.3 is 13.7 Å². The topological polar surface area (TPSA) is 65.5 Å². The Labute approximate surface area is 135 Å². The van der Waals surface area contributed by atoms with Gasteiger partial charge in [0.05, 0.1) is 0 Å². The Morgan fingerprint density at radius 3 is 2.87 bits per heavy atom. The number of rotatable bonds is 4. The van der Waals surface area contributed by atoms with Crippen LogP contribution in [-0.2, 0) is 11.3 Å². The first kappa shape index (κ1) is 13.8. The summed E-state index contributed by atoms with van der Waals surface area (Å²) in [5, 5.41) is 6.72. The molecule has 0 saturated heterocycles. The molecule has 0 atom stereocenters. The van der Waals surface area contributed by atoms with Crippen molar-refractivity contribution < 1.29 is 18.5 Å². The fraction of sp³-hybridized carbons (Fsp3) is 0.0588. The van der Waals surface area contributed by atoms with Crippen molar-refractivity contribution in [3.05, 3.63) is 64.5 Å². The fourth-order valence-corrected chi connectivity index (χ4v) is 2.82. The lowest BCUT2D eigenvalue weighted by Gasteiger charge is -1.98. The molecule has 0 N–H and O–H groups in total. The third-order valence-corrected chi connectivity index (χ3v) is 4.15. The van der Waals surface area contributed by atoms with E-state index in [0.29, 0.717) is 22.1 Å². The highest BCUT2D eigenvalue weighted by atomic mass is 32.1. The van der Waals surface area contributed by atoms with Crippen molar-refractivity contribution in [1.82, 2.24) is 5.16 Å². The van der Waals surface area contributed by atoms with E-state index in [1.54, 1.807) is 18.2 Å². The summed E-state index contributed by atoms with van der Waals surface area (Å²) in [6.07, 6.45) is 0. The zero-order chi connectivity index (χ0) is 15.6. The Morgan fingerprint density at radius 1 is 1.13 bits per heavy atom. The minimum Gasteiger partial charge on any atom is -0.455 e. The smallest absolute Gasteiger partial charge is 0.348 e. The van der Waals surface area contributed by atoms with Crippen LogP contribution in [0.1, 0.15) is 15.4 Å². The van der Waals surface area contributed by atoms with Crippen molar-refractivity contribution >= 4 is 28.3 Å². The summed E-state index contributed by atoms with van der Waals surface area (Å²) in [5.41, 5.74) is 1.31. The number of carbonyl (C=O) groups excluding carboxylic acids is 1. The van der Waals surface area contributed by atoms with Gasteiger partial charge in [-0.1, -0.05) is 29.4 Å². The van der Waals surface area contributed by atoms with Gasteiger partial charge in [0.15, 0.2) is 5.76 Å². The number of fused-ring (bicyclic) bond motifs is 1. The van der Waals surface area contributed by atoms with Crippen molar-refractivity contribution in [2.24, 2.45) is 0 Å². The number of benzene rings is 1. The Bertz CT molecular complexity index is 919. The van der Waals surface area contributed by atoms with Crippen molar-refractivity contribution in [3.63, 3.8) is 0 Å². The first-order chi connectivity index (χ1) is 11.3. The number of ether oxygens (including phenoxy) is 1. The lowest BCUT2D eigenvalue weighted by Crippen LogP contribution is -2.03. The van der Waals surface area contributed by atoms with Crippen LogP contribution in [0.3, 0.4) is 0 Å². The largest absolute Gasteiger partial charge is 0.455 e. The van der Waals surface area contributed by atoms with Crippen LogP contribution in [0, 0.1) is 0 Å². The molecule has 5 nitrogen and oxygen atoms in total. The quantitative estimate of drug-likeness (QED) is 0.517. The van der Waals surface area contributed by atoms with Gasteiger partial charge in [-0.3, -0.25) is 0 Å². The van der Waals surface area contributed by atoms with E-state index in [9.17, 15) is 4.79 Å². The van der Waals surface area contributed by atoms with Gasteiger partial charge in [-0.2, -0.15) is 0 Å². The highest BCUT2D eigenvalue weighted by Gasteiger charge is 2.14. The van der Waals surface area contributed by atoms with Crippen LogP contribution in [0.25, 0.3) is 22.5 Å². The second-order valence-electron chi connectivity index (χ2n) is 4.88. The predicted molar refractivity (Wildman–Crippen MR) is 85.1 cm³/mol. The van der Waals surface area contributed by atoms with Crippen molar-refractivity contribution in [2.75, 3.05) is 0 Å². The van der Waals surface area contributed by atoms with Gasteiger partial charge in [0.25, 0.3) is 0 Å². The number of hydrogen-bond donors (Lipinski definition) is 0. The Hall–Kier alpha value is -2.86. The van der Waals surface area contributed by atoms with Gasteiger partial charge in [-0.05, 0) is 23.6 Å². The summed E-state index contributed by atoms with van der Waals surface area (Å²) < 4.78 is 16.2. The van der Waals surface area contributed by atoms with Crippen LogP contribution in [0.5, 0.6) is 0 Å². The predicted octanol–water partition coefficient (Wildman–Crippen LogP) is 4.51. The maximum Gasteiger partial charge on any atom is 0.348 e. The number of thiophene rings is 1. The van der Waals surface area contributed by atoms with Crippen LogP contribution in [0.15, 0.2) is 62.9 Å². The van der Waals surface area contributed by atoms with Crippen LogP contribution in [0.2, 0.25) is 0 Å². The minimum atomic E-state index is -0.367. The van der Waals surface area contributed by atoms with E-state index >= 15 is 0 Å². The molecule has 3 aromatic heterocycles. The molecule has 3 heterocycles. The highest BCUT2D eigenvalue weighted by molar-refractivity contribution is 7.11. The normalized spacial score (nSPS) is 11.0. The third-order valence-electron chi connectivity index (χ3n) is 3.30. The van der Waals surface area contributed by atoms with E-state index in [2.05, 4.69) is 5.16 Å². The Balaban J connectivity index is 1.49. The second-order valence-corrected chi connectivity index (χ2v) is 5.83. The number of nitrogens with zero attached hydrogens (tertiary/aromatic N) is 1. The molecule has 0 unspecified atom stereocenters. The number of aromatic nitrogens is 1. The molecule has 4 rings (SSSR count). The average molecular weight is 325 g/mol. The molecule has 0 amide bonds. The summed E-state index contributed by atoms with van der Waals surface area (Å²) in [5.74, 6) is 0.728. The Kier molecular flexibility index (Phi) is 3.44. The van der Waals surface area contributed by atoms with E-state index < -0.39 is 0 Å². The fourth-order valence-electron chi connectivity index (χ4n) is 2.20. The molecule has 0 bridgehead atoms. The summed E-state index contributed by atoms with van der Waals surface area (Å²) in [6.45, 7) is 0.0560. The van der Waals surface area contributed by atoms with Crippen LogP contribution in [0.4, 0.5) is 0 Å². The minimum absolute atomic E-state index is 0.0560. The van der Waals surface area contributed by atoms with Crippen LogP contribution in [-0.4, -0.2) is 11.1 Å². The lowest BCUT2D eigenvalue weighted by molar-refractivity contribution is 0.0470. The van der Waals surface area contributed by atoms with Crippen molar-refractivity contribution in [2.45, 2.75) is 6.61 Å². The van der Waals surface area contributed by atoms with Gasteiger partial charge in [0.1, 0.15) is 22.8 Å². The highest BCUT2D eigenvalue weighted by Crippen LogP contribution is 2.28. The molecule has 0 aliphatic rings. The standard InChI is InChI=1S/C17H11NO4S/c19-17(16-6-3-7-23-16)20-10-12-9-15(22-18-12)14-8-11-4-1-2-5-13(11)21-14/h1-9H,10H2. The van der Waals surface area contributed by atoms with E-state index in [4.69, 9.17) is 13.7 Å². The maximum atomic E-state index is 11.8. The molecule has 114 valence electrons. The van der Waals surface area contributed by atoms with Crippen molar-refractivity contribution in [1.29, 1.82) is 0 Å². The number of para-hydroxylation sites is 1. The molecular formula is C17H11NO4S. The summed E-state index contributed by atoms with van der Waals surface area (Å²) >= 11 is 1.34. The van der Waals surface area contributed by atoms with E-state index in [1.165, 1.54) is 11.3 Å². The third kappa shape index (κ3) is 2.76. The molecule has 0 aliphatic heterocycles. The molecule has 0 radical (unpaired) electrons. The molecule has 0 spiro atoms. The monoisotopic (exact) mass is 325 g/mol. The molecule has 0 saturated carbocycles. The molecule has 6 heteroatoms. The number of carbonyl (C=O) groups is 1. The SMILES string of the molecule is O=C(OCc1cc(-c2cc3ccccc3o2)on1)c1cccs1. The zero-order valence-electron chi connectivity index (χ0n) is 11.9. The first-order valence-corrected chi connectivity index (χ1v) is 7.83. The lowest BCUT2D eigenvalue weighted by atomic mass is 10.2. The molecule has 0 fully saturated rings. The maximum absolute atomic E-state index is 11.8. The summed E-state index contributed by atoms with van der Waals surface area (Å²) in [4.78, 5) is 12.3. The van der Waals surface area contributed by atoms with Gasteiger partial charge >= 0.3 is 5.97 Å². The molecule has 0 aliphatic carbocycles. The van der Waals surface area contributed by atoms with Crippen molar-refractivity contribution in [3.8, 4) is 11.5 Å². The molecule has 1 aromatic carbocycles. The summed E-state index contributed by atoms with van der Waals surface area (Å²) in [7, 11) is 0. The number of furan rings is 1. The first-order valence-electron chi connectivity index (χ1n) is 6.95. The summed E-state index contributed by atoms with van der Waals surface area (Å²) in [6, 6.07) is 14.8. The van der Waals surface area contributed by atoms with Gasteiger partial charge in [0, 0.05) is 11.5 Å². The van der Waals surface area contributed by atoms with E-state index in [1.807, 2.05) is 35.7 Å². The molecule has 23 heavy (non-hydrogen) atoms. The average Bonchev–Trinajstić information content (AvgIpc) is 3.31. The van der Waals surface area contributed by atoms with Gasteiger partial charge in [-0.25, -0.2) is 4.79 Å². The van der Waals surface area contributed by atoms with E-state index in [-0.39, 0.29) is 12.6 Å². The molecule has 4 aromatic rings. The number of hydrogen-bond acceptors (Lipinski definition) is 6. The van der Waals surface area contributed by atoms with Crippen LogP contribution < -0.4 is 0 Å². The van der Waals surface area contributed by atoms with Gasteiger partial charge in [0.2, 0.25) is 5.76 Å². The Morgan fingerprint density at radius 2 is 2.04 bits per heavy atom. The zero-order valence-corrected chi connectivity index (χ0v) is 12.7.